The lowest BCUT2D eigenvalue weighted by molar-refractivity contribution is -0.118. The molecule has 1 aromatic carbocycles. The molecule has 1 aromatic rings. The largest absolute Gasteiger partial charge is 0.395 e. The third-order valence-electron chi connectivity index (χ3n) is 4.31. The fourth-order valence-corrected chi connectivity index (χ4v) is 3.33. The van der Waals surface area contributed by atoms with Gasteiger partial charge in [-0.3, -0.25) is 4.79 Å². The maximum Gasteiger partial charge on any atom is 0.228 e. The van der Waals surface area contributed by atoms with Crippen molar-refractivity contribution >= 4 is 11.6 Å². The molecule has 104 valence electrons. The Morgan fingerprint density at radius 2 is 2.15 bits per heavy atom. The maximum atomic E-state index is 12.2. The number of hydrogen-bond acceptors (Lipinski definition) is 2. The number of aliphatic hydroxyl groups excluding tert-OH is 1. The highest BCUT2D eigenvalue weighted by atomic mass is 16.2. The highest BCUT2D eigenvalue weighted by Gasteiger charge is 2.56. The second-order valence-electron chi connectivity index (χ2n) is 5.63. The summed E-state index contributed by atoms with van der Waals surface area (Å²) in [5, 5.41) is 11.7. The minimum absolute atomic E-state index is 0.0773. The van der Waals surface area contributed by atoms with Gasteiger partial charge in [-0.15, -0.1) is 0 Å². The van der Waals surface area contributed by atoms with Gasteiger partial charge in [-0.25, -0.2) is 0 Å². The second kappa shape index (κ2) is 5.68. The van der Waals surface area contributed by atoms with Crippen LogP contribution in [-0.2, 0) is 4.79 Å². The van der Waals surface area contributed by atoms with E-state index in [0.717, 1.165) is 11.3 Å². The number of carbonyl (C=O) groups excluding carboxylic acids is 1. The van der Waals surface area contributed by atoms with Gasteiger partial charge in [-0.2, -0.15) is 0 Å². The van der Waals surface area contributed by atoms with Gasteiger partial charge in [0.2, 0.25) is 5.91 Å². The van der Waals surface area contributed by atoms with Crippen LogP contribution in [0.25, 0.3) is 0 Å². The average molecular weight is 269 g/mol. The molecule has 2 unspecified atom stereocenters. The van der Waals surface area contributed by atoms with E-state index in [1.807, 2.05) is 24.3 Å². The molecule has 2 N–H and O–H groups in total. The molecule has 0 heterocycles. The van der Waals surface area contributed by atoms with E-state index in [-0.39, 0.29) is 18.4 Å². The Morgan fingerprint density at radius 3 is 2.90 bits per heavy atom. The van der Waals surface area contributed by atoms with Crippen molar-refractivity contribution in [2.24, 2.45) is 17.8 Å². The quantitative estimate of drug-likeness (QED) is 0.828. The van der Waals surface area contributed by atoms with Crippen LogP contribution < -0.4 is 5.32 Å². The van der Waals surface area contributed by atoms with Gasteiger partial charge in [0.15, 0.2) is 0 Å². The van der Waals surface area contributed by atoms with E-state index < -0.39 is 0 Å². The summed E-state index contributed by atoms with van der Waals surface area (Å²) in [4.78, 5) is 12.2. The van der Waals surface area contributed by atoms with Crippen LogP contribution in [0.1, 0.15) is 31.2 Å². The van der Waals surface area contributed by atoms with E-state index in [0.29, 0.717) is 18.3 Å². The summed E-state index contributed by atoms with van der Waals surface area (Å²) in [6, 6.07) is 7.59. The fourth-order valence-electron chi connectivity index (χ4n) is 3.33. The Hall–Kier alpha value is -1.79. The minimum Gasteiger partial charge on any atom is -0.395 e. The Bertz CT molecular complexity index is 560. The van der Waals surface area contributed by atoms with Crippen LogP contribution in [-0.4, -0.2) is 17.6 Å². The maximum absolute atomic E-state index is 12.2. The van der Waals surface area contributed by atoms with Crippen molar-refractivity contribution in [3.63, 3.8) is 0 Å². The first-order chi connectivity index (χ1) is 9.79. The Morgan fingerprint density at radius 1 is 1.35 bits per heavy atom. The van der Waals surface area contributed by atoms with Crippen LogP contribution in [0, 0.1) is 29.6 Å². The molecular weight excluding hydrogens is 250 g/mol. The Balaban J connectivity index is 1.62. The van der Waals surface area contributed by atoms with E-state index >= 15 is 0 Å². The molecule has 0 bridgehead atoms. The van der Waals surface area contributed by atoms with E-state index in [1.165, 1.54) is 19.3 Å². The number of fused-ring (bicyclic) bond motifs is 1. The van der Waals surface area contributed by atoms with Crippen LogP contribution in [0.3, 0.4) is 0 Å². The van der Waals surface area contributed by atoms with Crippen molar-refractivity contribution in [3.05, 3.63) is 29.8 Å². The Kier molecular flexibility index (Phi) is 3.75. The first kappa shape index (κ1) is 13.2. The lowest BCUT2D eigenvalue weighted by Gasteiger charge is -2.06. The molecule has 0 spiro atoms. The zero-order valence-electron chi connectivity index (χ0n) is 11.4. The summed E-state index contributed by atoms with van der Waals surface area (Å²) in [6.07, 6.45) is 4.20. The van der Waals surface area contributed by atoms with Gasteiger partial charge in [-0.05, 0) is 42.9 Å². The third kappa shape index (κ3) is 2.71. The molecule has 2 atom stereocenters. The fraction of sp³-hybridized carbons (Fsp3) is 0.471. The minimum atomic E-state index is 0.0773. The number of rotatable bonds is 3. The monoisotopic (exact) mass is 269 g/mol. The highest BCUT2D eigenvalue weighted by Crippen LogP contribution is 2.57. The summed E-state index contributed by atoms with van der Waals surface area (Å²) < 4.78 is 0. The second-order valence-corrected chi connectivity index (χ2v) is 5.63. The molecule has 2 fully saturated rings. The van der Waals surface area contributed by atoms with Gasteiger partial charge in [0.1, 0.15) is 0 Å². The summed E-state index contributed by atoms with van der Waals surface area (Å²) in [6.45, 7) is 0.0773. The van der Waals surface area contributed by atoms with Crippen LogP contribution in [0.15, 0.2) is 24.3 Å². The average Bonchev–Trinajstić information content (AvgIpc) is 2.94. The van der Waals surface area contributed by atoms with Crippen molar-refractivity contribution in [2.75, 3.05) is 11.9 Å². The van der Waals surface area contributed by atoms with Crippen molar-refractivity contribution in [1.29, 1.82) is 0 Å². The van der Waals surface area contributed by atoms with Gasteiger partial charge in [0.25, 0.3) is 0 Å². The van der Waals surface area contributed by atoms with E-state index in [1.54, 1.807) is 0 Å². The lowest BCUT2D eigenvalue weighted by Crippen LogP contribution is -2.16. The number of hydrogen-bond donors (Lipinski definition) is 2. The molecule has 0 radical (unpaired) electrons. The number of amides is 1. The van der Waals surface area contributed by atoms with Gasteiger partial charge >= 0.3 is 0 Å². The predicted octanol–water partition coefficient (Wildman–Crippen LogP) is 2.41. The number of anilines is 1. The normalized spacial score (nSPS) is 26.4. The van der Waals surface area contributed by atoms with Crippen LogP contribution in [0.5, 0.6) is 0 Å². The standard InChI is InChI=1S/C17H19NO2/c19-10-2-1-5-12-6-3-7-13(11-12)18-17(20)16-14-8-4-9-15(14)16/h3,6-7,11,14-16,19H,2,4,8-10H2,(H,18,20). The number of benzene rings is 1. The summed E-state index contributed by atoms with van der Waals surface area (Å²) in [7, 11) is 0. The van der Waals surface area contributed by atoms with Crippen LogP contribution in [0.2, 0.25) is 0 Å². The van der Waals surface area contributed by atoms with Gasteiger partial charge in [0.05, 0.1) is 6.61 Å². The zero-order chi connectivity index (χ0) is 13.9. The van der Waals surface area contributed by atoms with Crippen molar-refractivity contribution in [3.8, 4) is 11.8 Å². The molecule has 2 aliphatic rings. The van der Waals surface area contributed by atoms with E-state index in [2.05, 4.69) is 17.2 Å². The van der Waals surface area contributed by atoms with Gasteiger partial charge in [-0.1, -0.05) is 24.3 Å². The first-order valence-corrected chi connectivity index (χ1v) is 7.30. The molecule has 0 aliphatic heterocycles. The number of aliphatic hydroxyl groups is 1. The summed E-state index contributed by atoms with van der Waals surface area (Å²) in [5.41, 5.74) is 1.68. The third-order valence-corrected chi connectivity index (χ3v) is 4.31. The molecule has 0 saturated heterocycles. The van der Waals surface area contributed by atoms with Crippen molar-refractivity contribution in [1.82, 2.24) is 0 Å². The highest BCUT2D eigenvalue weighted by molar-refractivity contribution is 5.95. The SMILES string of the molecule is O=C(Nc1cccc(C#CCCO)c1)C1C2CCCC21. The number of nitrogens with one attached hydrogen (secondary N) is 1. The number of carbonyl (C=O) groups is 1. The molecule has 20 heavy (non-hydrogen) atoms. The first-order valence-electron chi connectivity index (χ1n) is 7.30. The molecule has 1 amide bonds. The van der Waals surface area contributed by atoms with Gasteiger partial charge < -0.3 is 10.4 Å². The molecule has 2 aliphatic carbocycles. The van der Waals surface area contributed by atoms with Gasteiger partial charge in [0, 0.05) is 23.6 Å². The topological polar surface area (TPSA) is 49.3 Å². The van der Waals surface area contributed by atoms with Crippen LogP contribution >= 0.6 is 0 Å². The molecule has 0 aromatic heterocycles. The Labute approximate surface area is 119 Å². The smallest absolute Gasteiger partial charge is 0.228 e. The molecule has 3 rings (SSSR count). The van der Waals surface area contributed by atoms with E-state index in [9.17, 15) is 4.79 Å². The predicted molar refractivity (Wildman–Crippen MR) is 78.0 cm³/mol. The molecule has 3 heteroatoms. The summed E-state index contributed by atoms with van der Waals surface area (Å²) in [5.74, 6) is 7.56. The molecule has 3 nitrogen and oxygen atoms in total. The van der Waals surface area contributed by atoms with Crippen molar-refractivity contribution in [2.45, 2.75) is 25.7 Å². The van der Waals surface area contributed by atoms with E-state index in [4.69, 9.17) is 5.11 Å². The summed E-state index contributed by atoms with van der Waals surface area (Å²) >= 11 is 0. The molecule has 2 saturated carbocycles. The molecular formula is C17H19NO2. The zero-order valence-corrected chi connectivity index (χ0v) is 11.4. The van der Waals surface area contributed by atoms with Crippen LogP contribution in [0.4, 0.5) is 5.69 Å². The lowest BCUT2D eigenvalue weighted by atomic mass is 10.1. The van der Waals surface area contributed by atoms with Crippen molar-refractivity contribution < 1.29 is 9.90 Å².